The Morgan fingerprint density at radius 3 is 2.88 bits per heavy atom. The molecule has 5 heteroatoms. The molecule has 1 unspecified atom stereocenters. The number of benzene rings is 1. The van der Waals surface area contributed by atoms with E-state index < -0.39 is 6.10 Å². The first-order valence-electron chi connectivity index (χ1n) is 5.47. The van der Waals surface area contributed by atoms with Gasteiger partial charge in [-0.3, -0.25) is 4.79 Å². The first kappa shape index (κ1) is 13.5. The van der Waals surface area contributed by atoms with Crippen LogP contribution in [0.4, 0.5) is 5.69 Å². The van der Waals surface area contributed by atoms with Crippen molar-refractivity contribution in [1.82, 2.24) is 0 Å². The minimum atomic E-state index is -0.634. The Labute approximate surface area is 101 Å². The Hall–Kier alpha value is -1.59. The summed E-state index contributed by atoms with van der Waals surface area (Å²) < 4.78 is 10.3. The molecule has 0 heterocycles. The molecular formula is C12H18N2O3. The largest absolute Gasteiger partial charge is 0.494 e. The minimum absolute atomic E-state index is 0.146. The standard InChI is InChI=1S/C12H18N2O3/c1-3-17-10-6-4-5-9(7-10)14-12(15)11(8-13)16-2/h4-7,11H,3,8,13H2,1-2H3,(H,14,15). The summed E-state index contributed by atoms with van der Waals surface area (Å²) in [5, 5.41) is 2.72. The average Bonchev–Trinajstić information content (AvgIpc) is 2.31. The van der Waals surface area contributed by atoms with Gasteiger partial charge in [-0.2, -0.15) is 0 Å². The third-order valence-electron chi connectivity index (χ3n) is 2.20. The number of carbonyl (C=O) groups is 1. The molecule has 0 aliphatic rings. The third-order valence-corrected chi connectivity index (χ3v) is 2.20. The molecule has 0 saturated carbocycles. The van der Waals surface area contributed by atoms with E-state index >= 15 is 0 Å². The van der Waals surface area contributed by atoms with Crippen LogP contribution in [0.2, 0.25) is 0 Å². The highest BCUT2D eigenvalue weighted by atomic mass is 16.5. The summed E-state index contributed by atoms with van der Waals surface area (Å²) in [6.07, 6.45) is -0.634. The number of nitrogens with two attached hydrogens (primary N) is 1. The zero-order chi connectivity index (χ0) is 12.7. The second-order valence-corrected chi connectivity index (χ2v) is 3.41. The Bertz CT molecular complexity index is 365. The topological polar surface area (TPSA) is 73.6 Å². The summed E-state index contributed by atoms with van der Waals surface area (Å²) in [7, 11) is 1.45. The first-order chi connectivity index (χ1) is 8.21. The van der Waals surface area contributed by atoms with E-state index in [1.54, 1.807) is 12.1 Å². The smallest absolute Gasteiger partial charge is 0.254 e. The predicted molar refractivity (Wildman–Crippen MR) is 66.1 cm³/mol. The van der Waals surface area contributed by atoms with Gasteiger partial charge >= 0.3 is 0 Å². The summed E-state index contributed by atoms with van der Waals surface area (Å²) in [6, 6.07) is 7.18. The van der Waals surface area contributed by atoms with Crippen LogP contribution in [0, 0.1) is 0 Å². The van der Waals surface area contributed by atoms with Crippen molar-refractivity contribution in [2.45, 2.75) is 13.0 Å². The van der Waals surface area contributed by atoms with Crippen LogP contribution in [0.5, 0.6) is 5.75 Å². The van der Waals surface area contributed by atoms with Crippen LogP contribution in [0.3, 0.4) is 0 Å². The molecule has 1 atom stereocenters. The fraction of sp³-hybridized carbons (Fsp3) is 0.417. The quantitative estimate of drug-likeness (QED) is 0.775. The monoisotopic (exact) mass is 238 g/mol. The molecule has 3 N–H and O–H groups in total. The summed E-state index contributed by atoms with van der Waals surface area (Å²) in [4.78, 5) is 11.7. The Morgan fingerprint density at radius 1 is 1.53 bits per heavy atom. The highest BCUT2D eigenvalue weighted by Crippen LogP contribution is 2.17. The summed E-state index contributed by atoms with van der Waals surface area (Å²) in [5.41, 5.74) is 6.07. The van der Waals surface area contributed by atoms with E-state index in [2.05, 4.69) is 5.32 Å². The second-order valence-electron chi connectivity index (χ2n) is 3.41. The maximum Gasteiger partial charge on any atom is 0.254 e. The van der Waals surface area contributed by atoms with E-state index in [-0.39, 0.29) is 12.5 Å². The van der Waals surface area contributed by atoms with Gasteiger partial charge in [0.1, 0.15) is 11.9 Å². The van der Waals surface area contributed by atoms with Gasteiger partial charge in [0.25, 0.3) is 5.91 Å². The molecule has 0 fully saturated rings. The Kier molecular flexibility index (Phi) is 5.45. The minimum Gasteiger partial charge on any atom is -0.494 e. The fourth-order valence-corrected chi connectivity index (χ4v) is 1.36. The number of ether oxygens (including phenoxy) is 2. The van der Waals surface area contributed by atoms with Crippen molar-refractivity contribution in [3.8, 4) is 5.75 Å². The first-order valence-corrected chi connectivity index (χ1v) is 5.47. The number of anilines is 1. The van der Waals surface area contributed by atoms with Gasteiger partial charge in [0.05, 0.1) is 6.61 Å². The molecule has 0 aliphatic carbocycles. The van der Waals surface area contributed by atoms with E-state index in [9.17, 15) is 4.79 Å². The van der Waals surface area contributed by atoms with E-state index in [1.165, 1.54) is 7.11 Å². The lowest BCUT2D eigenvalue weighted by Gasteiger charge is -2.13. The molecule has 0 radical (unpaired) electrons. The summed E-state index contributed by atoms with van der Waals surface area (Å²) >= 11 is 0. The van der Waals surface area contributed by atoms with Crippen LogP contribution in [-0.2, 0) is 9.53 Å². The molecule has 17 heavy (non-hydrogen) atoms. The molecule has 0 bridgehead atoms. The SMILES string of the molecule is CCOc1cccc(NC(=O)C(CN)OC)c1. The molecule has 0 saturated heterocycles. The van der Waals surface area contributed by atoms with Crippen molar-refractivity contribution in [3.05, 3.63) is 24.3 Å². The van der Waals surface area contributed by atoms with E-state index in [0.29, 0.717) is 18.0 Å². The number of hydrogen-bond donors (Lipinski definition) is 2. The molecule has 1 rings (SSSR count). The van der Waals surface area contributed by atoms with Crippen LogP contribution >= 0.6 is 0 Å². The van der Waals surface area contributed by atoms with Crippen LogP contribution in [-0.4, -0.2) is 32.3 Å². The predicted octanol–water partition coefficient (Wildman–Crippen LogP) is 0.997. The number of nitrogens with one attached hydrogen (secondary N) is 1. The number of hydrogen-bond acceptors (Lipinski definition) is 4. The highest BCUT2D eigenvalue weighted by molar-refractivity contribution is 5.94. The molecule has 5 nitrogen and oxygen atoms in total. The lowest BCUT2D eigenvalue weighted by atomic mass is 10.2. The van der Waals surface area contributed by atoms with E-state index in [1.807, 2.05) is 19.1 Å². The molecule has 1 aromatic carbocycles. The van der Waals surface area contributed by atoms with Crippen LogP contribution in [0.25, 0.3) is 0 Å². The van der Waals surface area contributed by atoms with Crippen molar-refractivity contribution in [3.63, 3.8) is 0 Å². The molecule has 0 aromatic heterocycles. The molecular weight excluding hydrogens is 220 g/mol. The molecule has 0 spiro atoms. The van der Waals surface area contributed by atoms with Gasteiger partial charge in [0, 0.05) is 25.4 Å². The van der Waals surface area contributed by atoms with Crippen molar-refractivity contribution >= 4 is 11.6 Å². The number of amides is 1. The molecule has 94 valence electrons. The third kappa shape index (κ3) is 4.05. The number of carbonyl (C=O) groups excluding carboxylic acids is 1. The molecule has 1 aromatic rings. The van der Waals surface area contributed by atoms with Crippen LogP contribution in [0.15, 0.2) is 24.3 Å². The van der Waals surface area contributed by atoms with Crippen LogP contribution in [0.1, 0.15) is 6.92 Å². The highest BCUT2D eigenvalue weighted by Gasteiger charge is 2.15. The van der Waals surface area contributed by atoms with Gasteiger partial charge in [-0.25, -0.2) is 0 Å². The van der Waals surface area contributed by atoms with Gasteiger partial charge in [0.2, 0.25) is 0 Å². The zero-order valence-electron chi connectivity index (χ0n) is 10.1. The Morgan fingerprint density at radius 2 is 2.29 bits per heavy atom. The van der Waals surface area contributed by atoms with Crippen molar-refractivity contribution in [2.75, 3.05) is 25.6 Å². The van der Waals surface area contributed by atoms with Crippen molar-refractivity contribution in [2.24, 2.45) is 5.73 Å². The number of methoxy groups -OCH3 is 1. The van der Waals surface area contributed by atoms with Gasteiger partial charge in [-0.1, -0.05) is 6.07 Å². The fourth-order valence-electron chi connectivity index (χ4n) is 1.36. The van der Waals surface area contributed by atoms with Gasteiger partial charge < -0.3 is 20.5 Å². The maximum atomic E-state index is 11.7. The lowest BCUT2D eigenvalue weighted by molar-refractivity contribution is -0.125. The summed E-state index contributed by atoms with van der Waals surface area (Å²) in [5.74, 6) is 0.454. The second kappa shape index (κ2) is 6.88. The van der Waals surface area contributed by atoms with Gasteiger partial charge in [-0.15, -0.1) is 0 Å². The van der Waals surface area contributed by atoms with Crippen molar-refractivity contribution in [1.29, 1.82) is 0 Å². The average molecular weight is 238 g/mol. The summed E-state index contributed by atoms with van der Waals surface area (Å²) in [6.45, 7) is 2.63. The molecule has 0 aliphatic heterocycles. The van der Waals surface area contributed by atoms with Gasteiger partial charge in [0.15, 0.2) is 0 Å². The molecule has 1 amide bonds. The zero-order valence-corrected chi connectivity index (χ0v) is 10.1. The van der Waals surface area contributed by atoms with E-state index in [4.69, 9.17) is 15.2 Å². The maximum absolute atomic E-state index is 11.7. The Balaban J connectivity index is 2.67. The lowest BCUT2D eigenvalue weighted by Crippen LogP contribution is -2.35. The number of rotatable bonds is 6. The van der Waals surface area contributed by atoms with E-state index in [0.717, 1.165) is 0 Å². The normalized spacial score (nSPS) is 11.9. The van der Waals surface area contributed by atoms with Gasteiger partial charge in [-0.05, 0) is 19.1 Å². The van der Waals surface area contributed by atoms with Crippen LogP contribution < -0.4 is 15.8 Å². The van der Waals surface area contributed by atoms with Crippen molar-refractivity contribution < 1.29 is 14.3 Å².